The van der Waals surface area contributed by atoms with E-state index in [1.54, 1.807) is 24.3 Å². The Morgan fingerprint density at radius 3 is 2.10 bits per heavy atom. The third kappa shape index (κ3) is 10.8. The number of hydrogen-bond acceptors (Lipinski definition) is 7. The lowest BCUT2D eigenvalue weighted by Crippen LogP contribution is -2.40. The number of carbonyl (C=O) groups is 3. The summed E-state index contributed by atoms with van der Waals surface area (Å²) in [6.45, 7) is 8.41. The number of anilines is 2. The molecule has 0 aliphatic carbocycles. The zero-order valence-electron chi connectivity index (χ0n) is 23.4. The summed E-state index contributed by atoms with van der Waals surface area (Å²) in [6.07, 6.45) is -0.521. The van der Waals surface area contributed by atoms with E-state index in [0.717, 1.165) is 11.1 Å². The van der Waals surface area contributed by atoms with E-state index in [0.29, 0.717) is 49.1 Å². The smallest absolute Gasteiger partial charge is 0.303 e. The third-order valence-electron chi connectivity index (χ3n) is 5.81. The van der Waals surface area contributed by atoms with Crippen molar-refractivity contribution in [2.24, 2.45) is 0 Å². The number of nitrogens with zero attached hydrogens (tertiary/aromatic N) is 1. The Kier molecular flexibility index (Phi) is 11.5. The highest BCUT2D eigenvalue weighted by atomic mass is 16.6. The number of amides is 2. The van der Waals surface area contributed by atoms with Crippen LogP contribution < -0.4 is 20.1 Å². The van der Waals surface area contributed by atoms with Gasteiger partial charge in [0, 0.05) is 51.8 Å². The molecule has 212 valence electrons. The molecule has 0 fully saturated rings. The maximum absolute atomic E-state index is 11.9. The van der Waals surface area contributed by atoms with Gasteiger partial charge in [0.15, 0.2) is 0 Å². The minimum Gasteiger partial charge on any atom is -0.492 e. The van der Waals surface area contributed by atoms with Gasteiger partial charge in [-0.2, -0.15) is 0 Å². The summed E-state index contributed by atoms with van der Waals surface area (Å²) in [5.74, 6) is 0.668. The molecule has 0 heterocycles. The largest absolute Gasteiger partial charge is 0.492 e. The van der Waals surface area contributed by atoms with Crippen molar-refractivity contribution >= 4 is 29.2 Å². The van der Waals surface area contributed by atoms with Crippen LogP contribution in [0.1, 0.15) is 31.9 Å². The van der Waals surface area contributed by atoms with Crippen LogP contribution in [-0.2, 0) is 25.7 Å². The Morgan fingerprint density at radius 2 is 1.48 bits per heavy atom. The normalized spacial score (nSPS) is 11.4. The second kappa shape index (κ2) is 15.3. The first kappa shape index (κ1) is 30.2. The monoisotopic (exact) mass is 547 g/mol. The number of nitrogens with one attached hydrogen (secondary N) is 2. The lowest BCUT2D eigenvalue weighted by molar-refractivity contribution is -0.149. The van der Waals surface area contributed by atoms with E-state index in [1.807, 2.05) is 55.5 Å². The average Bonchev–Trinajstić information content (AvgIpc) is 2.88. The van der Waals surface area contributed by atoms with Crippen LogP contribution in [0.5, 0.6) is 11.5 Å². The van der Waals surface area contributed by atoms with Crippen LogP contribution in [0.3, 0.4) is 0 Å². The number of hydrogen-bond donors (Lipinski definition) is 2. The van der Waals surface area contributed by atoms with E-state index in [9.17, 15) is 14.4 Å². The molecule has 0 radical (unpaired) electrons. The van der Waals surface area contributed by atoms with Crippen LogP contribution in [0.4, 0.5) is 11.4 Å². The summed E-state index contributed by atoms with van der Waals surface area (Å²) in [5.41, 5.74) is 3.36. The molecule has 9 nitrogen and oxygen atoms in total. The fourth-order valence-electron chi connectivity index (χ4n) is 4.13. The highest BCUT2D eigenvalue weighted by Gasteiger charge is 2.19. The number of carbonyl (C=O) groups excluding carboxylic acids is 3. The molecule has 0 spiro atoms. The molecule has 0 bridgehead atoms. The first-order valence-electron chi connectivity index (χ1n) is 13.1. The molecule has 0 aromatic heterocycles. The first-order chi connectivity index (χ1) is 19.2. The summed E-state index contributed by atoms with van der Waals surface area (Å²) in [4.78, 5) is 36.7. The fourth-order valence-corrected chi connectivity index (χ4v) is 4.13. The van der Waals surface area contributed by atoms with Gasteiger partial charge in [0.05, 0.1) is 0 Å². The summed E-state index contributed by atoms with van der Waals surface area (Å²) >= 11 is 0. The van der Waals surface area contributed by atoms with Crippen molar-refractivity contribution < 1.29 is 28.6 Å². The van der Waals surface area contributed by atoms with Crippen molar-refractivity contribution in [3.8, 4) is 11.5 Å². The van der Waals surface area contributed by atoms with Crippen molar-refractivity contribution in [1.29, 1.82) is 0 Å². The van der Waals surface area contributed by atoms with Crippen LogP contribution in [0, 0.1) is 6.92 Å². The van der Waals surface area contributed by atoms with E-state index in [2.05, 4.69) is 15.5 Å². The Hall–Kier alpha value is -4.37. The molecule has 3 rings (SSSR count). The average molecular weight is 548 g/mol. The van der Waals surface area contributed by atoms with E-state index >= 15 is 0 Å². The molecular weight excluding hydrogens is 510 g/mol. The van der Waals surface area contributed by atoms with Gasteiger partial charge >= 0.3 is 5.97 Å². The van der Waals surface area contributed by atoms with Crippen LogP contribution in [-0.4, -0.2) is 55.1 Å². The Balaban J connectivity index is 1.65. The van der Waals surface area contributed by atoms with Gasteiger partial charge in [-0.25, -0.2) is 0 Å². The molecule has 1 atom stereocenters. The maximum atomic E-state index is 11.9. The lowest BCUT2D eigenvalue weighted by atomic mass is 10.2. The summed E-state index contributed by atoms with van der Waals surface area (Å²) in [7, 11) is 0. The number of ether oxygens (including phenoxy) is 3. The first-order valence-corrected chi connectivity index (χ1v) is 13.1. The standard InChI is InChI=1S/C31H37N3O6/c1-22-18-28(33-24(3)36)12-15-31(22)39-21-30(40-25(4)37)20-34(19-26-8-6-5-7-9-26)16-17-38-29-13-10-27(11-14-29)32-23(2)35/h5-15,18,30H,16-17,19-21H2,1-4H3,(H,32,35)(H,33,36). The SMILES string of the molecule is CC(=O)Nc1ccc(OCCN(Cc2ccccc2)CC(COc2ccc(NC(C)=O)cc2C)OC(C)=O)cc1. The van der Waals surface area contributed by atoms with E-state index in [1.165, 1.54) is 20.8 Å². The summed E-state index contributed by atoms with van der Waals surface area (Å²) in [6, 6.07) is 22.6. The molecule has 2 N–H and O–H groups in total. The molecule has 1 unspecified atom stereocenters. The molecular formula is C31H37N3O6. The lowest BCUT2D eigenvalue weighted by Gasteiger charge is -2.27. The highest BCUT2D eigenvalue weighted by Crippen LogP contribution is 2.23. The van der Waals surface area contributed by atoms with Crippen molar-refractivity contribution in [3.63, 3.8) is 0 Å². The van der Waals surface area contributed by atoms with Gasteiger partial charge in [0.25, 0.3) is 0 Å². The van der Waals surface area contributed by atoms with Gasteiger partial charge < -0.3 is 24.8 Å². The van der Waals surface area contributed by atoms with Crippen LogP contribution in [0.25, 0.3) is 0 Å². The van der Waals surface area contributed by atoms with E-state index < -0.39 is 6.10 Å². The molecule has 40 heavy (non-hydrogen) atoms. The van der Waals surface area contributed by atoms with Crippen molar-refractivity contribution in [3.05, 3.63) is 83.9 Å². The van der Waals surface area contributed by atoms with Gasteiger partial charge in [0.2, 0.25) is 11.8 Å². The zero-order chi connectivity index (χ0) is 28.9. The van der Waals surface area contributed by atoms with Crippen molar-refractivity contribution in [2.45, 2.75) is 40.3 Å². The number of aryl methyl sites for hydroxylation is 1. The van der Waals surface area contributed by atoms with Gasteiger partial charge in [-0.1, -0.05) is 30.3 Å². The number of rotatable bonds is 14. The quantitative estimate of drug-likeness (QED) is 0.279. The molecule has 0 saturated carbocycles. The second-order valence-electron chi connectivity index (χ2n) is 9.48. The Bertz CT molecular complexity index is 1260. The maximum Gasteiger partial charge on any atom is 0.303 e. The zero-order valence-corrected chi connectivity index (χ0v) is 23.4. The summed E-state index contributed by atoms with van der Waals surface area (Å²) < 4.78 is 17.6. The fraction of sp³-hybridized carbons (Fsp3) is 0.323. The van der Waals surface area contributed by atoms with Gasteiger partial charge in [-0.3, -0.25) is 19.3 Å². The predicted molar refractivity (Wildman–Crippen MR) is 154 cm³/mol. The van der Waals surface area contributed by atoms with E-state index in [-0.39, 0.29) is 24.4 Å². The summed E-state index contributed by atoms with van der Waals surface area (Å²) in [5, 5.41) is 5.49. The molecule has 0 saturated heterocycles. The second-order valence-corrected chi connectivity index (χ2v) is 9.48. The van der Waals surface area contributed by atoms with Crippen molar-refractivity contribution in [2.75, 3.05) is 36.9 Å². The molecule has 3 aromatic carbocycles. The van der Waals surface area contributed by atoms with Crippen LogP contribution in [0.15, 0.2) is 72.8 Å². The van der Waals surface area contributed by atoms with Gasteiger partial charge in [-0.15, -0.1) is 0 Å². The highest BCUT2D eigenvalue weighted by molar-refractivity contribution is 5.89. The Morgan fingerprint density at radius 1 is 0.825 bits per heavy atom. The van der Waals surface area contributed by atoms with E-state index in [4.69, 9.17) is 14.2 Å². The topological polar surface area (TPSA) is 106 Å². The number of esters is 1. The Labute approximate surface area is 235 Å². The minimum atomic E-state index is -0.521. The van der Waals surface area contributed by atoms with Crippen LogP contribution in [0.2, 0.25) is 0 Å². The minimum absolute atomic E-state index is 0.131. The van der Waals surface area contributed by atoms with Crippen LogP contribution >= 0.6 is 0 Å². The van der Waals surface area contributed by atoms with Crippen molar-refractivity contribution in [1.82, 2.24) is 4.90 Å². The molecule has 0 aliphatic heterocycles. The molecule has 2 amide bonds. The van der Waals surface area contributed by atoms with Gasteiger partial charge in [-0.05, 0) is 60.5 Å². The third-order valence-corrected chi connectivity index (χ3v) is 5.81. The predicted octanol–water partition coefficient (Wildman–Crippen LogP) is 4.80. The number of benzene rings is 3. The van der Waals surface area contributed by atoms with Gasteiger partial charge in [0.1, 0.15) is 30.8 Å². The molecule has 3 aromatic rings. The molecule has 9 heteroatoms. The molecule has 0 aliphatic rings.